The van der Waals surface area contributed by atoms with Gasteiger partial charge in [-0.25, -0.2) is 4.79 Å². The van der Waals surface area contributed by atoms with E-state index in [2.05, 4.69) is 10.6 Å². The fourth-order valence-corrected chi connectivity index (χ4v) is 2.18. The lowest BCUT2D eigenvalue weighted by Crippen LogP contribution is -2.40. The molecule has 2 N–H and O–H groups in total. The molecule has 0 heterocycles. The van der Waals surface area contributed by atoms with Crippen molar-refractivity contribution >= 4 is 12.0 Å². The van der Waals surface area contributed by atoms with E-state index in [9.17, 15) is 9.59 Å². The average molecular weight is 326 g/mol. The Morgan fingerprint density at radius 2 is 1.62 bits per heavy atom. The summed E-state index contributed by atoms with van der Waals surface area (Å²) < 4.78 is 5.20. The van der Waals surface area contributed by atoms with Gasteiger partial charge < -0.3 is 15.4 Å². The lowest BCUT2D eigenvalue weighted by Gasteiger charge is -2.18. The zero-order chi connectivity index (χ0) is 17.2. The van der Waals surface area contributed by atoms with Crippen molar-refractivity contribution in [2.24, 2.45) is 0 Å². The van der Waals surface area contributed by atoms with E-state index in [1.807, 2.05) is 55.5 Å². The number of amides is 2. The first kappa shape index (κ1) is 17.5. The predicted octanol–water partition coefficient (Wildman–Crippen LogP) is 3.18. The van der Waals surface area contributed by atoms with Gasteiger partial charge in [0.15, 0.2) is 0 Å². The van der Waals surface area contributed by atoms with E-state index >= 15 is 0 Å². The number of hydrogen-bond donors (Lipinski definition) is 2. The first-order valence-electron chi connectivity index (χ1n) is 8.00. The van der Waals surface area contributed by atoms with E-state index in [0.717, 1.165) is 12.0 Å². The third kappa shape index (κ3) is 5.43. The van der Waals surface area contributed by atoms with Crippen LogP contribution in [0.2, 0.25) is 0 Å². The highest BCUT2D eigenvalue weighted by molar-refractivity contribution is 5.86. The van der Waals surface area contributed by atoms with Crippen LogP contribution in [0.4, 0.5) is 4.79 Å². The second-order valence-electron chi connectivity index (χ2n) is 5.34. The van der Waals surface area contributed by atoms with Gasteiger partial charge in [0.05, 0.1) is 0 Å². The molecule has 1 atom stereocenters. The summed E-state index contributed by atoms with van der Waals surface area (Å²) in [6.45, 7) is 2.69. The van der Waals surface area contributed by atoms with Gasteiger partial charge in [0.2, 0.25) is 5.91 Å². The van der Waals surface area contributed by atoms with Crippen LogP contribution in [-0.4, -0.2) is 18.5 Å². The van der Waals surface area contributed by atoms with E-state index in [0.29, 0.717) is 12.1 Å². The second-order valence-corrected chi connectivity index (χ2v) is 5.34. The molecule has 0 saturated heterocycles. The Bertz CT molecular complexity index is 644. The van der Waals surface area contributed by atoms with Gasteiger partial charge in [-0.05, 0) is 17.5 Å². The molecule has 5 nitrogen and oxygen atoms in total. The first-order valence-corrected chi connectivity index (χ1v) is 8.00. The van der Waals surface area contributed by atoms with Crippen molar-refractivity contribution < 1.29 is 14.3 Å². The Balaban J connectivity index is 1.99. The number of alkyl carbamates (subject to hydrolysis) is 1. The monoisotopic (exact) mass is 326 g/mol. The van der Waals surface area contributed by atoms with Crippen LogP contribution in [-0.2, 0) is 16.1 Å². The van der Waals surface area contributed by atoms with Crippen LogP contribution in [0.25, 0.3) is 0 Å². The van der Waals surface area contributed by atoms with Gasteiger partial charge in [0, 0.05) is 6.54 Å². The fraction of sp³-hybridized carbons (Fsp3) is 0.263. The Hall–Kier alpha value is -2.82. The normalized spacial score (nSPS) is 11.4. The van der Waals surface area contributed by atoms with Crippen molar-refractivity contribution in [2.45, 2.75) is 26.0 Å². The van der Waals surface area contributed by atoms with Crippen LogP contribution >= 0.6 is 0 Å². The lowest BCUT2D eigenvalue weighted by atomic mass is 10.1. The highest BCUT2D eigenvalue weighted by atomic mass is 16.5. The largest absolute Gasteiger partial charge is 0.445 e. The SMILES string of the molecule is CCCNC(=O)C(NC(=O)OCc1ccccc1)c1ccccc1. The number of rotatable bonds is 7. The van der Waals surface area contributed by atoms with Gasteiger partial charge in [0.1, 0.15) is 12.6 Å². The molecular formula is C19H22N2O3. The van der Waals surface area contributed by atoms with E-state index in [1.165, 1.54) is 0 Å². The molecule has 2 aromatic carbocycles. The third-order valence-electron chi connectivity index (χ3n) is 3.42. The fourth-order valence-electron chi connectivity index (χ4n) is 2.18. The van der Waals surface area contributed by atoms with E-state index in [1.54, 1.807) is 12.1 Å². The minimum atomic E-state index is -0.777. The van der Waals surface area contributed by atoms with Crippen LogP contribution in [0.3, 0.4) is 0 Å². The summed E-state index contributed by atoms with van der Waals surface area (Å²) in [5.41, 5.74) is 1.60. The van der Waals surface area contributed by atoms with E-state index in [4.69, 9.17) is 4.74 Å². The predicted molar refractivity (Wildman–Crippen MR) is 92.2 cm³/mol. The molecule has 2 amide bonds. The minimum Gasteiger partial charge on any atom is -0.445 e. The van der Waals surface area contributed by atoms with Gasteiger partial charge >= 0.3 is 6.09 Å². The molecule has 0 aliphatic heterocycles. The van der Waals surface area contributed by atoms with Crippen LogP contribution in [0.1, 0.15) is 30.5 Å². The van der Waals surface area contributed by atoms with Gasteiger partial charge in [-0.1, -0.05) is 67.6 Å². The summed E-state index contributed by atoms with van der Waals surface area (Å²) in [7, 11) is 0. The maximum absolute atomic E-state index is 12.3. The van der Waals surface area contributed by atoms with Crippen molar-refractivity contribution in [3.05, 3.63) is 71.8 Å². The molecule has 0 fully saturated rings. The molecule has 0 saturated carbocycles. The van der Waals surface area contributed by atoms with Gasteiger partial charge in [-0.15, -0.1) is 0 Å². The Kier molecular flexibility index (Phi) is 6.83. The zero-order valence-corrected chi connectivity index (χ0v) is 13.7. The van der Waals surface area contributed by atoms with Crippen LogP contribution < -0.4 is 10.6 Å². The van der Waals surface area contributed by atoms with Gasteiger partial charge in [-0.2, -0.15) is 0 Å². The van der Waals surface area contributed by atoms with Crippen molar-refractivity contribution in [2.75, 3.05) is 6.54 Å². The molecule has 0 aliphatic rings. The number of hydrogen-bond acceptors (Lipinski definition) is 3. The molecule has 0 aliphatic carbocycles. The summed E-state index contributed by atoms with van der Waals surface area (Å²) in [6, 6.07) is 17.7. The summed E-state index contributed by atoms with van der Waals surface area (Å²) in [5.74, 6) is -0.250. The zero-order valence-electron chi connectivity index (χ0n) is 13.7. The summed E-state index contributed by atoms with van der Waals surface area (Å²) >= 11 is 0. The molecule has 5 heteroatoms. The molecule has 24 heavy (non-hydrogen) atoms. The van der Waals surface area contributed by atoms with Crippen molar-refractivity contribution in [1.82, 2.24) is 10.6 Å². The number of nitrogens with one attached hydrogen (secondary N) is 2. The minimum absolute atomic E-state index is 0.158. The molecule has 0 aromatic heterocycles. The van der Waals surface area contributed by atoms with Gasteiger partial charge in [0.25, 0.3) is 0 Å². The Morgan fingerprint density at radius 1 is 1.00 bits per heavy atom. The molecule has 0 bridgehead atoms. The highest BCUT2D eigenvalue weighted by Crippen LogP contribution is 2.13. The Morgan fingerprint density at radius 3 is 2.25 bits per heavy atom. The first-order chi connectivity index (χ1) is 11.7. The quantitative estimate of drug-likeness (QED) is 0.821. The summed E-state index contributed by atoms with van der Waals surface area (Å²) in [4.78, 5) is 24.4. The topological polar surface area (TPSA) is 67.4 Å². The number of benzene rings is 2. The summed E-state index contributed by atoms with van der Waals surface area (Å²) in [5, 5.41) is 5.44. The molecule has 2 aromatic rings. The van der Waals surface area contributed by atoms with Crippen LogP contribution in [0.15, 0.2) is 60.7 Å². The maximum atomic E-state index is 12.3. The third-order valence-corrected chi connectivity index (χ3v) is 3.42. The molecular weight excluding hydrogens is 304 g/mol. The van der Waals surface area contributed by atoms with Crippen molar-refractivity contribution in [1.29, 1.82) is 0 Å². The second kappa shape index (κ2) is 9.35. The maximum Gasteiger partial charge on any atom is 0.408 e. The number of carbonyl (C=O) groups is 2. The van der Waals surface area contributed by atoms with Gasteiger partial charge in [-0.3, -0.25) is 4.79 Å². The van der Waals surface area contributed by atoms with Crippen molar-refractivity contribution in [3.8, 4) is 0 Å². The summed E-state index contributed by atoms with van der Waals surface area (Å²) in [6.07, 6.45) is 0.200. The van der Waals surface area contributed by atoms with E-state index < -0.39 is 12.1 Å². The van der Waals surface area contributed by atoms with E-state index in [-0.39, 0.29) is 12.5 Å². The molecule has 1 unspecified atom stereocenters. The average Bonchev–Trinajstić information content (AvgIpc) is 2.64. The highest BCUT2D eigenvalue weighted by Gasteiger charge is 2.22. The number of carbonyl (C=O) groups excluding carboxylic acids is 2. The smallest absolute Gasteiger partial charge is 0.408 e. The molecule has 126 valence electrons. The number of ether oxygens (including phenoxy) is 1. The molecule has 0 radical (unpaired) electrons. The lowest BCUT2D eigenvalue weighted by molar-refractivity contribution is -0.123. The van der Waals surface area contributed by atoms with Crippen LogP contribution in [0, 0.1) is 0 Å². The molecule has 0 spiro atoms. The van der Waals surface area contributed by atoms with Crippen molar-refractivity contribution in [3.63, 3.8) is 0 Å². The molecule has 2 rings (SSSR count). The van der Waals surface area contributed by atoms with Crippen LogP contribution in [0.5, 0.6) is 0 Å². The standard InChI is InChI=1S/C19H22N2O3/c1-2-13-20-18(22)17(16-11-7-4-8-12-16)21-19(23)24-14-15-9-5-3-6-10-15/h3-12,17H,2,13-14H2,1H3,(H,20,22)(H,21,23). The Labute approximate surface area is 142 Å².